The lowest BCUT2D eigenvalue weighted by Gasteiger charge is -2.28. The molecule has 29 heavy (non-hydrogen) atoms. The first-order valence-electron chi connectivity index (χ1n) is 8.66. The largest absolute Gasteiger partial charge is 0.483 e. The topological polar surface area (TPSA) is 119 Å². The zero-order valence-corrected chi connectivity index (χ0v) is 17.7. The lowest BCUT2D eigenvalue weighted by atomic mass is 10.2. The van der Waals surface area contributed by atoms with Crippen LogP contribution >= 0.6 is 27.7 Å². The van der Waals surface area contributed by atoms with E-state index < -0.39 is 17.1 Å². The number of ether oxygens (including phenoxy) is 2. The molecule has 3 rings (SSSR count). The van der Waals surface area contributed by atoms with E-state index in [2.05, 4.69) is 15.9 Å². The van der Waals surface area contributed by atoms with E-state index >= 15 is 0 Å². The summed E-state index contributed by atoms with van der Waals surface area (Å²) >= 11 is 4.11. The molecule has 9 nitrogen and oxygen atoms in total. The molecule has 0 bridgehead atoms. The van der Waals surface area contributed by atoms with Crippen LogP contribution in [-0.2, 0) is 19.1 Å². The lowest BCUT2D eigenvalue weighted by molar-refractivity contribution is -0.139. The van der Waals surface area contributed by atoms with Crippen molar-refractivity contribution >= 4 is 56.7 Å². The summed E-state index contributed by atoms with van der Waals surface area (Å²) in [5.41, 5.74) is 5.70. The van der Waals surface area contributed by atoms with Crippen LogP contribution in [0.4, 0.5) is 4.79 Å². The van der Waals surface area contributed by atoms with E-state index in [4.69, 9.17) is 15.2 Å². The Kier molecular flexibility index (Phi) is 6.93. The van der Waals surface area contributed by atoms with Crippen molar-refractivity contribution in [1.82, 2.24) is 9.80 Å². The van der Waals surface area contributed by atoms with E-state index in [-0.39, 0.29) is 24.0 Å². The van der Waals surface area contributed by atoms with Gasteiger partial charge in [-0.05, 0) is 51.5 Å². The Hall–Kier alpha value is -2.37. The number of morpholine rings is 1. The Morgan fingerprint density at radius 1 is 1.28 bits per heavy atom. The van der Waals surface area contributed by atoms with Gasteiger partial charge in [-0.3, -0.25) is 24.1 Å². The van der Waals surface area contributed by atoms with Crippen molar-refractivity contribution in [1.29, 1.82) is 0 Å². The number of hydrogen-bond donors (Lipinski definition) is 1. The van der Waals surface area contributed by atoms with Crippen molar-refractivity contribution in [3.8, 4) is 5.75 Å². The molecule has 11 heteroatoms. The fourth-order valence-electron chi connectivity index (χ4n) is 2.71. The molecule has 0 radical (unpaired) electrons. The lowest BCUT2D eigenvalue weighted by Crippen LogP contribution is -2.46. The van der Waals surface area contributed by atoms with Crippen molar-refractivity contribution < 1.29 is 28.7 Å². The second kappa shape index (κ2) is 9.42. The molecule has 2 aliphatic rings. The van der Waals surface area contributed by atoms with Gasteiger partial charge >= 0.3 is 0 Å². The van der Waals surface area contributed by atoms with E-state index in [9.17, 15) is 19.2 Å². The molecule has 0 aliphatic carbocycles. The number of nitrogens with zero attached hydrogens (tertiary/aromatic N) is 2. The fourth-order valence-corrected chi connectivity index (χ4v) is 4.06. The number of nitrogens with two attached hydrogens (primary N) is 1. The third kappa shape index (κ3) is 5.37. The Bertz CT molecular complexity index is 884. The van der Waals surface area contributed by atoms with Crippen LogP contribution in [0.3, 0.4) is 0 Å². The Morgan fingerprint density at radius 3 is 2.66 bits per heavy atom. The Morgan fingerprint density at radius 2 is 2.00 bits per heavy atom. The summed E-state index contributed by atoms with van der Waals surface area (Å²) in [7, 11) is 0. The number of thioether (sulfide) groups is 1. The third-order valence-electron chi connectivity index (χ3n) is 4.15. The standard InChI is InChI=1S/C18H18BrN3O6S/c19-12-7-11(1-2-13(12)28-10-15(20)23)8-14-17(25)22(18(26)29-14)9-16(24)21-3-5-27-6-4-21/h1-2,7-8H,3-6,9-10H2,(H2,20,23)/b14-8-. The molecule has 0 atom stereocenters. The van der Waals surface area contributed by atoms with Crippen LogP contribution in [0.5, 0.6) is 5.75 Å². The number of carbonyl (C=O) groups is 4. The number of carbonyl (C=O) groups excluding carboxylic acids is 4. The van der Waals surface area contributed by atoms with Gasteiger partial charge in [0.2, 0.25) is 5.91 Å². The molecule has 154 valence electrons. The molecular formula is C18H18BrN3O6S. The minimum atomic E-state index is -0.596. The van der Waals surface area contributed by atoms with Crippen LogP contribution in [0, 0.1) is 0 Å². The van der Waals surface area contributed by atoms with Gasteiger partial charge in [-0.15, -0.1) is 0 Å². The van der Waals surface area contributed by atoms with Crippen LogP contribution < -0.4 is 10.5 Å². The number of halogens is 1. The zero-order chi connectivity index (χ0) is 21.0. The molecule has 0 saturated carbocycles. The molecule has 0 aromatic heterocycles. The molecule has 2 heterocycles. The van der Waals surface area contributed by atoms with Crippen LogP contribution in [0.1, 0.15) is 5.56 Å². The first-order chi connectivity index (χ1) is 13.8. The van der Waals surface area contributed by atoms with Gasteiger partial charge in [-0.25, -0.2) is 0 Å². The maximum absolute atomic E-state index is 12.6. The highest BCUT2D eigenvalue weighted by molar-refractivity contribution is 9.10. The van der Waals surface area contributed by atoms with Crippen LogP contribution in [-0.4, -0.2) is 72.2 Å². The van der Waals surface area contributed by atoms with Gasteiger partial charge < -0.3 is 20.1 Å². The molecule has 1 aromatic rings. The summed E-state index contributed by atoms with van der Waals surface area (Å²) in [4.78, 5) is 50.8. The number of amides is 4. The van der Waals surface area contributed by atoms with Gasteiger partial charge in [-0.2, -0.15) is 0 Å². The molecular weight excluding hydrogens is 466 g/mol. The Labute approximate surface area is 179 Å². The molecule has 0 unspecified atom stereocenters. The van der Waals surface area contributed by atoms with Gasteiger partial charge in [0.25, 0.3) is 17.1 Å². The molecule has 2 fully saturated rings. The average molecular weight is 484 g/mol. The second-order valence-corrected chi connectivity index (χ2v) is 8.05. The van der Waals surface area contributed by atoms with E-state index in [1.807, 2.05) is 0 Å². The summed E-state index contributed by atoms with van der Waals surface area (Å²) in [5.74, 6) is -0.964. The predicted octanol–water partition coefficient (Wildman–Crippen LogP) is 1.21. The Balaban J connectivity index is 1.68. The highest BCUT2D eigenvalue weighted by Gasteiger charge is 2.37. The van der Waals surface area contributed by atoms with Crippen LogP contribution in [0.25, 0.3) is 6.08 Å². The van der Waals surface area contributed by atoms with Gasteiger partial charge in [0, 0.05) is 13.1 Å². The number of hydrogen-bond acceptors (Lipinski definition) is 7. The van der Waals surface area contributed by atoms with Gasteiger partial charge in [0.05, 0.1) is 22.6 Å². The van der Waals surface area contributed by atoms with Gasteiger partial charge in [-0.1, -0.05) is 6.07 Å². The zero-order valence-electron chi connectivity index (χ0n) is 15.3. The highest BCUT2D eigenvalue weighted by Crippen LogP contribution is 2.33. The van der Waals surface area contributed by atoms with Crippen molar-refractivity contribution in [2.24, 2.45) is 5.73 Å². The number of imide groups is 1. The van der Waals surface area contributed by atoms with Crippen LogP contribution in [0.15, 0.2) is 27.6 Å². The first-order valence-corrected chi connectivity index (χ1v) is 10.3. The summed E-state index contributed by atoms with van der Waals surface area (Å²) in [6, 6.07) is 4.97. The molecule has 2 aliphatic heterocycles. The van der Waals surface area contributed by atoms with Crippen molar-refractivity contribution in [3.05, 3.63) is 33.1 Å². The normalized spacial score (nSPS) is 18.4. The summed E-state index contributed by atoms with van der Waals surface area (Å²) in [6.07, 6.45) is 1.56. The predicted molar refractivity (Wildman–Crippen MR) is 109 cm³/mol. The maximum atomic E-state index is 12.6. The smallest absolute Gasteiger partial charge is 0.294 e. The number of benzene rings is 1. The average Bonchev–Trinajstić information content (AvgIpc) is 2.95. The fraction of sp³-hybridized carbons (Fsp3) is 0.333. The number of primary amides is 1. The van der Waals surface area contributed by atoms with Crippen molar-refractivity contribution in [3.63, 3.8) is 0 Å². The molecule has 1 aromatic carbocycles. The minimum Gasteiger partial charge on any atom is -0.483 e. The first kappa shape index (κ1) is 21.3. The molecule has 4 amide bonds. The summed E-state index contributed by atoms with van der Waals surface area (Å²) in [6.45, 7) is 1.24. The third-order valence-corrected chi connectivity index (χ3v) is 5.68. The van der Waals surface area contributed by atoms with Crippen molar-refractivity contribution in [2.75, 3.05) is 39.5 Å². The monoisotopic (exact) mass is 483 g/mol. The molecule has 2 N–H and O–H groups in total. The highest BCUT2D eigenvalue weighted by atomic mass is 79.9. The molecule has 0 spiro atoms. The molecule has 2 saturated heterocycles. The van der Waals surface area contributed by atoms with Crippen LogP contribution in [0.2, 0.25) is 0 Å². The maximum Gasteiger partial charge on any atom is 0.294 e. The minimum absolute atomic E-state index is 0.225. The summed E-state index contributed by atoms with van der Waals surface area (Å²) in [5, 5.41) is -0.483. The SMILES string of the molecule is NC(=O)COc1ccc(/C=C2\SC(=O)N(CC(=O)N3CCOCC3)C2=O)cc1Br. The van der Waals surface area contributed by atoms with E-state index in [0.717, 1.165) is 16.7 Å². The van der Waals surface area contributed by atoms with E-state index in [1.54, 1.807) is 29.2 Å². The van der Waals surface area contributed by atoms with Gasteiger partial charge in [0.15, 0.2) is 6.61 Å². The van der Waals surface area contributed by atoms with E-state index in [0.29, 0.717) is 42.1 Å². The number of rotatable bonds is 6. The van der Waals surface area contributed by atoms with Gasteiger partial charge in [0.1, 0.15) is 12.3 Å². The summed E-state index contributed by atoms with van der Waals surface area (Å²) < 4.78 is 11.0. The van der Waals surface area contributed by atoms with Crippen molar-refractivity contribution in [2.45, 2.75) is 0 Å². The van der Waals surface area contributed by atoms with E-state index in [1.165, 1.54) is 0 Å². The second-order valence-electron chi connectivity index (χ2n) is 6.21. The quantitative estimate of drug-likeness (QED) is 0.603.